The maximum atomic E-state index is 3.42. The Bertz CT molecular complexity index is 698. The van der Waals surface area contributed by atoms with Crippen molar-refractivity contribution in [2.75, 3.05) is 0 Å². The molecule has 0 bridgehead atoms. The molecule has 0 N–H and O–H groups in total. The topological polar surface area (TPSA) is 77.3 Å². The fourth-order valence-corrected chi connectivity index (χ4v) is 1.73. The summed E-state index contributed by atoms with van der Waals surface area (Å²) in [5, 5.41) is 20.3. The van der Waals surface area contributed by atoms with Gasteiger partial charge in [-0.05, 0) is 33.7 Å². The first-order chi connectivity index (χ1) is 12.9. The molecule has 2 aromatic carbocycles. The second-order valence-corrected chi connectivity index (χ2v) is 4.78. The minimum atomic E-state index is 1.23. The van der Waals surface area contributed by atoms with Crippen molar-refractivity contribution in [2.45, 2.75) is 0 Å². The average Bonchev–Trinajstić information content (AvgIpc) is 2.77. The third-order valence-corrected chi connectivity index (χ3v) is 2.88. The Labute approximate surface area is 152 Å². The summed E-state index contributed by atoms with van der Waals surface area (Å²) in [7, 11) is 0. The Morgan fingerprint density at radius 2 is 0.769 bits per heavy atom. The molecule has 0 saturated carbocycles. The summed E-state index contributed by atoms with van der Waals surface area (Å²) in [5.74, 6) is 0. The highest BCUT2D eigenvalue weighted by molar-refractivity contribution is 5.69. The normalized spacial score (nSPS) is 9.38. The lowest BCUT2D eigenvalue weighted by molar-refractivity contribution is 0.865. The van der Waals surface area contributed by atoms with Crippen LogP contribution in [0.3, 0.4) is 0 Å². The minimum Gasteiger partial charge on any atom is -0.139 e. The zero-order chi connectivity index (χ0) is 18.1. The molecule has 0 aliphatic carbocycles. The molecule has 26 heavy (non-hydrogen) atoms. The van der Waals surface area contributed by atoms with E-state index in [-0.39, 0.29) is 0 Å². The Kier molecular flexibility index (Phi) is 8.98. The van der Waals surface area contributed by atoms with Gasteiger partial charge >= 0.3 is 0 Å². The molecule has 0 radical (unpaired) electrons. The zero-order valence-corrected chi connectivity index (χ0v) is 14.1. The second-order valence-electron chi connectivity index (χ2n) is 4.78. The predicted octanol–water partition coefficient (Wildman–Crippen LogP) is 3.60. The van der Waals surface area contributed by atoms with E-state index in [1.807, 2.05) is 36.4 Å². The zero-order valence-electron chi connectivity index (χ0n) is 14.1. The molecular formula is C20H18N6. The monoisotopic (exact) mass is 342 g/mol. The van der Waals surface area contributed by atoms with Crippen LogP contribution in [0.15, 0.2) is 97.6 Å². The lowest BCUT2D eigenvalue weighted by atomic mass is 10.1. The Balaban J connectivity index is 0.000000166. The van der Waals surface area contributed by atoms with E-state index in [0.29, 0.717) is 0 Å². The van der Waals surface area contributed by atoms with E-state index >= 15 is 0 Å². The molecule has 6 nitrogen and oxygen atoms in total. The Morgan fingerprint density at radius 3 is 1.00 bits per heavy atom. The molecule has 0 fully saturated rings. The third-order valence-electron chi connectivity index (χ3n) is 2.88. The van der Waals surface area contributed by atoms with Gasteiger partial charge in [0.05, 0.1) is 24.8 Å². The van der Waals surface area contributed by atoms with Crippen LogP contribution in [-0.4, -0.2) is 30.8 Å². The molecule has 4 aromatic rings. The van der Waals surface area contributed by atoms with Gasteiger partial charge in [0.2, 0.25) is 0 Å². The standard InChI is InChI=1S/C14H12.2C3H3N3/c1-3-7-13(8-4-1)11-12-14-9-5-2-6-10-14;2*1-2-4-6-5-3-1/h1-12H;2*1-3H. The smallest absolute Gasteiger partial charge is 0.0529 e. The van der Waals surface area contributed by atoms with Gasteiger partial charge in [-0.2, -0.15) is 0 Å². The van der Waals surface area contributed by atoms with Gasteiger partial charge in [-0.1, -0.05) is 72.8 Å². The molecule has 0 unspecified atom stereocenters. The van der Waals surface area contributed by atoms with Gasteiger partial charge in [-0.15, -0.1) is 20.4 Å². The molecule has 0 aliphatic rings. The molecule has 0 spiro atoms. The van der Waals surface area contributed by atoms with Crippen LogP contribution in [0.1, 0.15) is 11.1 Å². The first kappa shape index (κ1) is 18.5. The van der Waals surface area contributed by atoms with Crippen molar-refractivity contribution >= 4 is 12.2 Å². The lowest BCUT2D eigenvalue weighted by Crippen LogP contribution is -1.78. The van der Waals surface area contributed by atoms with Crippen molar-refractivity contribution in [3.63, 3.8) is 0 Å². The second kappa shape index (κ2) is 12.6. The largest absolute Gasteiger partial charge is 0.139 e. The Morgan fingerprint density at radius 1 is 0.423 bits per heavy atom. The Hall–Kier alpha value is -3.80. The van der Waals surface area contributed by atoms with Gasteiger partial charge in [-0.3, -0.25) is 0 Å². The van der Waals surface area contributed by atoms with Gasteiger partial charge in [0, 0.05) is 0 Å². The quantitative estimate of drug-likeness (QED) is 0.518. The molecule has 0 atom stereocenters. The van der Waals surface area contributed by atoms with E-state index < -0.39 is 0 Å². The van der Waals surface area contributed by atoms with Gasteiger partial charge in [0.15, 0.2) is 0 Å². The summed E-state index contributed by atoms with van der Waals surface area (Å²) < 4.78 is 0. The number of rotatable bonds is 2. The van der Waals surface area contributed by atoms with Crippen molar-refractivity contribution in [3.05, 3.63) is 109 Å². The molecular weight excluding hydrogens is 324 g/mol. The minimum absolute atomic E-state index is 1.23. The molecule has 2 heterocycles. The third kappa shape index (κ3) is 8.73. The van der Waals surface area contributed by atoms with E-state index in [1.165, 1.54) is 11.1 Å². The van der Waals surface area contributed by atoms with E-state index in [1.54, 1.807) is 36.9 Å². The summed E-state index contributed by atoms with van der Waals surface area (Å²) >= 11 is 0. The molecule has 4 rings (SSSR count). The number of hydrogen-bond acceptors (Lipinski definition) is 6. The first-order valence-corrected chi connectivity index (χ1v) is 7.90. The van der Waals surface area contributed by atoms with Gasteiger partial charge in [0.1, 0.15) is 0 Å². The van der Waals surface area contributed by atoms with Gasteiger partial charge in [-0.25, -0.2) is 0 Å². The highest BCUT2D eigenvalue weighted by atomic mass is 15.3. The number of benzene rings is 2. The van der Waals surface area contributed by atoms with Crippen molar-refractivity contribution in [1.29, 1.82) is 0 Å². The van der Waals surface area contributed by atoms with Gasteiger partial charge < -0.3 is 0 Å². The molecule has 128 valence electrons. The summed E-state index contributed by atoms with van der Waals surface area (Å²) in [6.45, 7) is 0. The predicted molar refractivity (Wildman–Crippen MR) is 101 cm³/mol. The van der Waals surface area contributed by atoms with Crippen LogP contribution in [0.5, 0.6) is 0 Å². The first-order valence-electron chi connectivity index (χ1n) is 7.90. The molecule has 6 heteroatoms. The molecule has 0 aliphatic heterocycles. The molecule has 0 amide bonds. The summed E-state index contributed by atoms with van der Waals surface area (Å²) in [6.07, 6.45) is 10.5. The van der Waals surface area contributed by atoms with E-state index in [0.717, 1.165) is 0 Å². The van der Waals surface area contributed by atoms with Crippen molar-refractivity contribution in [2.24, 2.45) is 0 Å². The maximum absolute atomic E-state index is 3.42. The van der Waals surface area contributed by atoms with E-state index in [4.69, 9.17) is 0 Å². The van der Waals surface area contributed by atoms with E-state index in [2.05, 4.69) is 67.2 Å². The van der Waals surface area contributed by atoms with Crippen molar-refractivity contribution in [1.82, 2.24) is 30.8 Å². The molecule has 2 aromatic heterocycles. The van der Waals surface area contributed by atoms with Crippen LogP contribution in [0, 0.1) is 0 Å². The summed E-state index contributed by atoms with van der Waals surface area (Å²) in [6, 6.07) is 24.1. The van der Waals surface area contributed by atoms with Crippen molar-refractivity contribution in [3.8, 4) is 0 Å². The SMILES string of the molecule is C(=Cc1ccccc1)c1ccccc1.c1cnnnc1.c1cnnnc1. The lowest BCUT2D eigenvalue weighted by Gasteiger charge is -1.92. The summed E-state index contributed by atoms with van der Waals surface area (Å²) in [5.41, 5.74) is 2.47. The van der Waals surface area contributed by atoms with Crippen LogP contribution < -0.4 is 0 Å². The average molecular weight is 342 g/mol. The van der Waals surface area contributed by atoms with Gasteiger partial charge in [0.25, 0.3) is 0 Å². The number of aromatic nitrogens is 6. The fourth-order valence-electron chi connectivity index (χ4n) is 1.73. The van der Waals surface area contributed by atoms with E-state index in [9.17, 15) is 0 Å². The highest BCUT2D eigenvalue weighted by Gasteiger charge is 1.84. The summed E-state index contributed by atoms with van der Waals surface area (Å²) in [4.78, 5) is 0. The van der Waals surface area contributed by atoms with Crippen molar-refractivity contribution < 1.29 is 0 Å². The maximum Gasteiger partial charge on any atom is 0.0529 e. The van der Waals surface area contributed by atoms with Crippen LogP contribution >= 0.6 is 0 Å². The van der Waals surface area contributed by atoms with Crippen LogP contribution in [0.4, 0.5) is 0 Å². The van der Waals surface area contributed by atoms with Crippen LogP contribution in [0.2, 0.25) is 0 Å². The van der Waals surface area contributed by atoms with Crippen LogP contribution in [0.25, 0.3) is 12.2 Å². The number of hydrogen-bond donors (Lipinski definition) is 0. The molecule has 0 saturated heterocycles. The highest BCUT2D eigenvalue weighted by Crippen LogP contribution is 2.06. The fraction of sp³-hybridized carbons (Fsp3) is 0. The number of nitrogens with zero attached hydrogens (tertiary/aromatic N) is 6. The van der Waals surface area contributed by atoms with Crippen LogP contribution in [-0.2, 0) is 0 Å².